The van der Waals surface area contributed by atoms with Gasteiger partial charge in [0.1, 0.15) is 11.2 Å². The number of allylic oxidation sites excluding steroid dienone is 3. The number of benzene rings is 7. The van der Waals surface area contributed by atoms with E-state index in [-0.39, 0.29) is 11.2 Å². The molecule has 3 aromatic heterocycles. The third-order valence-electron chi connectivity index (χ3n) is 11.4. The molecule has 2 unspecified atom stereocenters. The van der Waals surface area contributed by atoms with Crippen molar-refractivity contribution >= 4 is 61.2 Å². The summed E-state index contributed by atoms with van der Waals surface area (Å²) in [5, 5.41) is 4.93. The Labute approximate surface area is 332 Å². The number of rotatable bonds is 5. The molecule has 0 bridgehead atoms. The predicted molar refractivity (Wildman–Crippen MR) is 234 cm³/mol. The average molecular weight is 749 g/mol. The molecule has 6 heteroatoms. The quantitative estimate of drug-likeness (QED) is 0.175. The van der Waals surface area contributed by atoms with Gasteiger partial charge in [-0.05, 0) is 59.7 Å². The molecule has 1 aliphatic heterocycles. The molecule has 0 N–H and O–H groups in total. The van der Waals surface area contributed by atoms with Crippen LogP contribution in [-0.4, -0.2) is 24.8 Å². The summed E-state index contributed by atoms with van der Waals surface area (Å²) in [6.45, 7) is 0. The summed E-state index contributed by atoms with van der Waals surface area (Å²) in [6, 6.07) is 57.4. The third kappa shape index (κ3) is 5.14. The highest BCUT2D eigenvalue weighted by Gasteiger charge is 2.37. The number of fused-ring (bicyclic) bond motifs is 9. The van der Waals surface area contributed by atoms with Gasteiger partial charge in [0, 0.05) is 60.3 Å². The van der Waals surface area contributed by atoms with E-state index >= 15 is 0 Å². The fraction of sp³-hybridized carbons (Fsp3) is 0.0392. The molecule has 4 heterocycles. The second-order valence-electron chi connectivity index (χ2n) is 14.7. The summed E-state index contributed by atoms with van der Waals surface area (Å²) < 4.78 is 9.19. The summed E-state index contributed by atoms with van der Waals surface area (Å²) in [5.41, 5.74) is 11.9. The topological polar surface area (TPSA) is 56.7 Å². The molecule has 0 radical (unpaired) electrons. The van der Waals surface area contributed by atoms with Crippen molar-refractivity contribution in [2.75, 3.05) is 0 Å². The van der Waals surface area contributed by atoms with E-state index in [1.165, 1.54) is 38.0 Å². The van der Waals surface area contributed by atoms with E-state index in [9.17, 15) is 0 Å². The molecular formula is C51H32N4OS. The maximum atomic E-state index is 6.70. The standard InChI is InChI=1S/C51H32N4OS/c1-3-13-31(14-4-1)49-52-50(32-15-5-2-6-16-32)54-51(53-49)34-25-27-45-40(30-34)38-20-11-19-35(47(38)56-45)33-26-28-46-41(29-33)39-21-12-24-44(48(39)57-46)55-42-22-9-7-17-36(42)37-18-8-10-23-43(37)55/h1-30,39,48H. The first-order valence-corrected chi connectivity index (χ1v) is 20.1. The number of furan rings is 1. The van der Waals surface area contributed by atoms with Crippen LogP contribution in [0.1, 0.15) is 11.5 Å². The maximum Gasteiger partial charge on any atom is 0.164 e. The van der Waals surface area contributed by atoms with Crippen molar-refractivity contribution in [3.05, 3.63) is 188 Å². The smallest absolute Gasteiger partial charge is 0.164 e. The molecule has 12 rings (SSSR count). The van der Waals surface area contributed by atoms with Crippen molar-refractivity contribution in [2.45, 2.75) is 16.1 Å². The number of nitrogens with zero attached hydrogens (tertiary/aromatic N) is 4. The molecule has 0 fully saturated rings. The van der Waals surface area contributed by atoms with Gasteiger partial charge in [-0.15, -0.1) is 11.8 Å². The van der Waals surface area contributed by atoms with E-state index in [2.05, 4.69) is 114 Å². The summed E-state index contributed by atoms with van der Waals surface area (Å²) in [5.74, 6) is 2.16. The first-order chi connectivity index (χ1) is 28.2. The number of para-hydroxylation sites is 3. The molecule has 7 aromatic carbocycles. The fourth-order valence-electron chi connectivity index (χ4n) is 8.78. The summed E-state index contributed by atoms with van der Waals surface area (Å²) in [6.07, 6.45) is 6.94. The lowest BCUT2D eigenvalue weighted by molar-refractivity contribution is 0.670. The van der Waals surface area contributed by atoms with Crippen molar-refractivity contribution in [3.8, 4) is 45.3 Å². The monoisotopic (exact) mass is 748 g/mol. The summed E-state index contributed by atoms with van der Waals surface area (Å²) >= 11 is 1.97. The van der Waals surface area contributed by atoms with Gasteiger partial charge in [-0.3, -0.25) is 0 Å². The number of thioether (sulfide) groups is 1. The van der Waals surface area contributed by atoms with E-state index in [0.717, 1.165) is 49.8 Å². The van der Waals surface area contributed by atoms with Crippen LogP contribution < -0.4 is 0 Å². The van der Waals surface area contributed by atoms with Gasteiger partial charge in [-0.1, -0.05) is 133 Å². The molecule has 0 spiro atoms. The van der Waals surface area contributed by atoms with Crippen LogP contribution in [0.15, 0.2) is 191 Å². The largest absolute Gasteiger partial charge is 0.455 e. The van der Waals surface area contributed by atoms with Crippen LogP contribution in [0.3, 0.4) is 0 Å². The van der Waals surface area contributed by atoms with Gasteiger partial charge in [-0.25, -0.2) is 15.0 Å². The molecule has 0 amide bonds. The minimum Gasteiger partial charge on any atom is -0.455 e. The Bertz CT molecular complexity index is 3180. The highest BCUT2D eigenvalue weighted by atomic mass is 32.2. The van der Waals surface area contributed by atoms with E-state index < -0.39 is 0 Å². The zero-order valence-corrected chi connectivity index (χ0v) is 31.4. The lowest BCUT2D eigenvalue weighted by atomic mass is 9.88. The van der Waals surface area contributed by atoms with Crippen LogP contribution in [0.5, 0.6) is 0 Å². The number of aromatic nitrogens is 4. The Morgan fingerprint density at radius 3 is 1.82 bits per heavy atom. The summed E-state index contributed by atoms with van der Waals surface area (Å²) in [4.78, 5) is 16.2. The molecule has 10 aromatic rings. The van der Waals surface area contributed by atoms with Gasteiger partial charge < -0.3 is 8.98 Å². The van der Waals surface area contributed by atoms with Crippen molar-refractivity contribution in [2.24, 2.45) is 0 Å². The zero-order chi connectivity index (χ0) is 37.5. The molecule has 0 saturated heterocycles. The van der Waals surface area contributed by atoms with Crippen LogP contribution >= 0.6 is 11.8 Å². The molecular weight excluding hydrogens is 717 g/mol. The Kier molecular flexibility index (Phi) is 7.22. The van der Waals surface area contributed by atoms with Gasteiger partial charge in [0.25, 0.3) is 0 Å². The Morgan fingerprint density at radius 1 is 0.509 bits per heavy atom. The van der Waals surface area contributed by atoms with Crippen molar-refractivity contribution in [3.63, 3.8) is 0 Å². The lowest BCUT2D eigenvalue weighted by Gasteiger charge is -2.25. The molecule has 1 aliphatic carbocycles. The van der Waals surface area contributed by atoms with E-state index in [1.807, 2.05) is 84.6 Å². The molecule has 0 saturated carbocycles. The average Bonchev–Trinajstić information content (AvgIpc) is 3.96. The van der Waals surface area contributed by atoms with Crippen LogP contribution in [0.4, 0.5) is 0 Å². The van der Waals surface area contributed by atoms with E-state index in [4.69, 9.17) is 19.4 Å². The Balaban J connectivity index is 0.932. The normalized spacial score (nSPS) is 16.0. The number of hydrogen-bond donors (Lipinski definition) is 0. The van der Waals surface area contributed by atoms with Gasteiger partial charge in [0.2, 0.25) is 0 Å². The SMILES string of the molecule is C1=CC2c3cc(-c4cccc5c4oc4ccc(-c6nc(-c7ccccc7)nc(-c7ccccc7)n6)cc45)ccc3SC2C(n2c3ccccc3c3ccccc32)=C1. The van der Waals surface area contributed by atoms with Gasteiger partial charge in [-0.2, -0.15) is 0 Å². The molecule has 5 nitrogen and oxygen atoms in total. The van der Waals surface area contributed by atoms with E-state index in [1.54, 1.807) is 0 Å². The Hall–Kier alpha value is -7.02. The van der Waals surface area contributed by atoms with Crippen LogP contribution in [0.25, 0.3) is 94.7 Å². The first kappa shape index (κ1) is 32.2. The third-order valence-corrected chi connectivity index (χ3v) is 12.8. The second kappa shape index (κ2) is 12.8. The van der Waals surface area contributed by atoms with Crippen molar-refractivity contribution in [1.82, 2.24) is 19.5 Å². The van der Waals surface area contributed by atoms with Crippen LogP contribution in [0.2, 0.25) is 0 Å². The lowest BCUT2D eigenvalue weighted by Crippen LogP contribution is -2.17. The minimum absolute atomic E-state index is 0.254. The minimum atomic E-state index is 0.254. The highest BCUT2D eigenvalue weighted by molar-refractivity contribution is 8.00. The first-order valence-electron chi connectivity index (χ1n) is 19.3. The fourth-order valence-corrected chi connectivity index (χ4v) is 10.2. The van der Waals surface area contributed by atoms with Gasteiger partial charge in [0.05, 0.1) is 16.3 Å². The van der Waals surface area contributed by atoms with Crippen molar-refractivity contribution < 1.29 is 4.42 Å². The van der Waals surface area contributed by atoms with Gasteiger partial charge in [0.15, 0.2) is 17.5 Å². The molecule has 2 atom stereocenters. The van der Waals surface area contributed by atoms with Crippen LogP contribution in [0, 0.1) is 0 Å². The molecule has 268 valence electrons. The Morgan fingerprint density at radius 2 is 1.12 bits per heavy atom. The van der Waals surface area contributed by atoms with Crippen LogP contribution in [-0.2, 0) is 0 Å². The van der Waals surface area contributed by atoms with E-state index in [0.29, 0.717) is 17.5 Å². The molecule has 57 heavy (non-hydrogen) atoms. The zero-order valence-electron chi connectivity index (χ0n) is 30.6. The summed E-state index contributed by atoms with van der Waals surface area (Å²) in [7, 11) is 0. The van der Waals surface area contributed by atoms with Crippen molar-refractivity contribution in [1.29, 1.82) is 0 Å². The maximum absolute atomic E-state index is 6.70. The predicted octanol–water partition coefficient (Wildman–Crippen LogP) is 13.2. The second-order valence-corrected chi connectivity index (χ2v) is 15.9. The molecule has 2 aliphatic rings. The van der Waals surface area contributed by atoms with Gasteiger partial charge >= 0.3 is 0 Å². The number of hydrogen-bond acceptors (Lipinski definition) is 5. The highest BCUT2D eigenvalue weighted by Crippen LogP contribution is 2.54.